The third-order valence-electron chi connectivity index (χ3n) is 4.52. The highest BCUT2D eigenvalue weighted by atomic mass is 19.4. The van der Waals surface area contributed by atoms with Crippen LogP contribution in [0.15, 0.2) is 0 Å². The highest BCUT2D eigenvalue weighted by Crippen LogP contribution is 2.40. The van der Waals surface area contributed by atoms with Crippen molar-refractivity contribution in [1.29, 1.82) is 0 Å². The molecule has 1 saturated carbocycles. The number of likely N-dealkylation sites (tertiary alicyclic amines) is 1. The molecule has 0 bridgehead atoms. The maximum atomic E-state index is 12.6. The van der Waals surface area contributed by atoms with E-state index in [-0.39, 0.29) is 36.4 Å². The zero-order valence-corrected chi connectivity index (χ0v) is 11.6. The first kappa shape index (κ1) is 15.3. The molecule has 0 spiro atoms. The zero-order chi connectivity index (χ0) is 14.9. The Hall–Kier alpha value is -1.07. The Morgan fingerprint density at radius 1 is 1.20 bits per heavy atom. The molecule has 2 aliphatic rings. The molecule has 1 aliphatic heterocycles. The maximum absolute atomic E-state index is 12.6. The summed E-state index contributed by atoms with van der Waals surface area (Å²) < 4.78 is 37.8. The summed E-state index contributed by atoms with van der Waals surface area (Å²) in [6.07, 6.45) is -3.07. The van der Waals surface area contributed by atoms with Gasteiger partial charge >= 0.3 is 6.18 Å². The first-order chi connectivity index (χ1) is 9.29. The van der Waals surface area contributed by atoms with Crippen molar-refractivity contribution in [3.05, 3.63) is 0 Å². The Morgan fingerprint density at radius 3 is 2.30 bits per heavy atom. The van der Waals surface area contributed by atoms with Crippen LogP contribution in [0.5, 0.6) is 0 Å². The van der Waals surface area contributed by atoms with Crippen molar-refractivity contribution in [2.75, 3.05) is 13.1 Å². The van der Waals surface area contributed by atoms with Crippen molar-refractivity contribution in [2.24, 2.45) is 17.8 Å². The minimum absolute atomic E-state index is 0.0439. The number of piperidine rings is 1. The van der Waals surface area contributed by atoms with Crippen LogP contribution in [0.2, 0.25) is 0 Å². The normalized spacial score (nSPS) is 32.3. The average molecular weight is 291 g/mol. The molecule has 1 aliphatic carbocycles. The summed E-state index contributed by atoms with van der Waals surface area (Å²) in [6.45, 7) is 2.63. The van der Waals surface area contributed by atoms with Crippen LogP contribution in [-0.4, -0.2) is 35.9 Å². The number of nitrogens with zero attached hydrogens (tertiary/aromatic N) is 1. The summed E-state index contributed by atoms with van der Waals surface area (Å²) in [5.41, 5.74) is 0. The summed E-state index contributed by atoms with van der Waals surface area (Å²) in [5.74, 6) is -1.61. The van der Waals surface area contributed by atoms with Crippen LogP contribution in [0.4, 0.5) is 13.2 Å². The number of carbonyl (C=O) groups is 2. The number of amides is 1. The summed E-state index contributed by atoms with van der Waals surface area (Å²) in [5, 5.41) is 0. The van der Waals surface area contributed by atoms with Gasteiger partial charge in [-0.05, 0) is 25.7 Å². The van der Waals surface area contributed by atoms with E-state index < -0.39 is 12.1 Å². The van der Waals surface area contributed by atoms with Crippen molar-refractivity contribution in [3.63, 3.8) is 0 Å². The van der Waals surface area contributed by atoms with E-state index in [2.05, 4.69) is 0 Å². The third kappa shape index (κ3) is 3.33. The van der Waals surface area contributed by atoms with E-state index in [0.717, 1.165) is 0 Å². The number of ketones is 1. The quantitative estimate of drug-likeness (QED) is 0.745. The minimum atomic E-state index is -4.14. The van der Waals surface area contributed by atoms with Gasteiger partial charge in [0.05, 0.1) is 5.92 Å². The lowest BCUT2D eigenvalue weighted by molar-refractivity contribution is -0.185. The van der Waals surface area contributed by atoms with E-state index in [1.54, 1.807) is 11.8 Å². The number of carbonyl (C=O) groups excluding carboxylic acids is 2. The molecule has 1 unspecified atom stereocenters. The lowest BCUT2D eigenvalue weighted by atomic mass is 9.80. The Kier molecular flexibility index (Phi) is 4.39. The van der Waals surface area contributed by atoms with Crippen LogP contribution in [0.3, 0.4) is 0 Å². The smallest absolute Gasteiger partial charge is 0.341 e. The fourth-order valence-corrected chi connectivity index (χ4v) is 3.14. The second-order valence-corrected chi connectivity index (χ2v) is 5.99. The summed E-state index contributed by atoms with van der Waals surface area (Å²) in [4.78, 5) is 25.4. The topological polar surface area (TPSA) is 37.4 Å². The van der Waals surface area contributed by atoms with Crippen LogP contribution in [0, 0.1) is 17.8 Å². The Morgan fingerprint density at radius 2 is 1.80 bits per heavy atom. The van der Waals surface area contributed by atoms with Gasteiger partial charge in [-0.3, -0.25) is 9.59 Å². The fraction of sp³-hybridized carbons (Fsp3) is 0.857. The van der Waals surface area contributed by atoms with Gasteiger partial charge in [0, 0.05) is 31.3 Å². The standard InChI is InChI=1S/C14H20F3NO2/c1-9-8-18(7-6-12(9)19)13(20)10-2-4-11(5-3-10)14(15,16)17/h9-11H,2-8H2,1H3. The van der Waals surface area contributed by atoms with Crippen molar-refractivity contribution in [3.8, 4) is 0 Å². The number of hydrogen-bond donors (Lipinski definition) is 0. The summed E-state index contributed by atoms with van der Waals surface area (Å²) in [6, 6.07) is 0. The van der Waals surface area contributed by atoms with E-state index in [1.807, 2.05) is 0 Å². The van der Waals surface area contributed by atoms with E-state index in [9.17, 15) is 22.8 Å². The van der Waals surface area contributed by atoms with Gasteiger partial charge < -0.3 is 4.90 Å². The van der Waals surface area contributed by atoms with Crippen LogP contribution in [-0.2, 0) is 9.59 Å². The molecule has 0 aromatic carbocycles. The molecule has 3 nitrogen and oxygen atoms in total. The monoisotopic (exact) mass is 291 g/mol. The minimum Gasteiger partial charge on any atom is -0.341 e. The van der Waals surface area contributed by atoms with Crippen LogP contribution >= 0.6 is 0 Å². The molecule has 114 valence electrons. The van der Waals surface area contributed by atoms with Crippen molar-refractivity contribution < 1.29 is 22.8 Å². The number of halogens is 3. The molecule has 0 N–H and O–H groups in total. The van der Waals surface area contributed by atoms with Gasteiger partial charge in [-0.15, -0.1) is 0 Å². The van der Waals surface area contributed by atoms with Crippen molar-refractivity contribution in [1.82, 2.24) is 4.90 Å². The summed E-state index contributed by atoms with van der Waals surface area (Å²) >= 11 is 0. The number of alkyl halides is 3. The lowest BCUT2D eigenvalue weighted by Crippen LogP contribution is -2.46. The number of rotatable bonds is 1. The molecule has 0 aromatic rings. The van der Waals surface area contributed by atoms with Gasteiger partial charge in [0.2, 0.25) is 5.91 Å². The molecule has 1 atom stereocenters. The second kappa shape index (κ2) is 5.74. The van der Waals surface area contributed by atoms with E-state index in [4.69, 9.17) is 0 Å². The predicted molar refractivity (Wildman–Crippen MR) is 66.9 cm³/mol. The highest BCUT2D eigenvalue weighted by Gasteiger charge is 2.43. The Balaban J connectivity index is 1.87. The lowest BCUT2D eigenvalue weighted by Gasteiger charge is -2.35. The molecule has 2 rings (SSSR count). The van der Waals surface area contributed by atoms with E-state index >= 15 is 0 Å². The highest BCUT2D eigenvalue weighted by molar-refractivity contribution is 5.85. The largest absolute Gasteiger partial charge is 0.391 e. The van der Waals surface area contributed by atoms with Gasteiger partial charge in [-0.2, -0.15) is 13.2 Å². The average Bonchev–Trinajstić information content (AvgIpc) is 2.40. The summed E-state index contributed by atoms with van der Waals surface area (Å²) in [7, 11) is 0. The number of Topliss-reactive ketones (excluding diaryl/α,β-unsaturated/α-hetero) is 1. The van der Waals surface area contributed by atoms with E-state index in [0.29, 0.717) is 32.4 Å². The molecule has 1 heterocycles. The molecular formula is C14H20F3NO2. The van der Waals surface area contributed by atoms with Gasteiger partial charge in [-0.1, -0.05) is 6.92 Å². The predicted octanol–water partition coefficient (Wildman–Crippen LogP) is 2.79. The SMILES string of the molecule is CC1CN(C(=O)C2CCC(C(F)(F)F)CC2)CCC1=O. The number of hydrogen-bond acceptors (Lipinski definition) is 2. The Labute approximate surface area is 116 Å². The van der Waals surface area contributed by atoms with Crippen LogP contribution in [0.25, 0.3) is 0 Å². The van der Waals surface area contributed by atoms with Crippen LogP contribution < -0.4 is 0 Å². The molecule has 0 aromatic heterocycles. The molecule has 6 heteroatoms. The Bertz CT molecular complexity index is 386. The third-order valence-corrected chi connectivity index (χ3v) is 4.52. The molecular weight excluding hydrogens is 271 g/mol. The molecule has 20 heavy (non-hydrogen) atoms. The zero-order valence-electron chi connectivity index (χ0n) is 11.6. The van der Waals surface area contributed by atoms with Gasteiger partial charge in [0.1, 0.15) is 5.78 Å². The molecule has 1 saturated heterocycles. The first-order valence-corrected chi connectivity index (χ1v) is 7.17. The van der Waals surface area contributed by atoms with Crippen molar-refractivity contribution >= 4 is 11.7 Å². The first-order valence-electron chi connectivity index (χ1n) is 7.17. The van der Waals surface area contributed by atoms with Gasteiger partial charge in [-0.25, -0.2) is 0 Å². The van der Waals surface area contributed by atoms with E-state index in [1.165, 1.54) is 0 Å². The van der Waals surface area contributed by atoms with Gasteiger partial charge in [0.15, 0.2) is 0 Å². The van der Waals surface area contributed by atoms with Crippen molar-refractivity contribution in [2.45, 2.75) is 45.2 Å². The van der Waals surface area contributed by atoms with Crippen LogP contribution in [0.1, 0.15) is 39.0 Å². The molecule has 2 fully saturated rings. The fourth-order valence-electron chi connectivity index (χ4n) is 3.14. The molecule has 1 amide bonds. The second-order valence-electron chi connectivity index (χ2n) is 5.99. The maximum Gasteiger partial charge on any atom is 0.391 e. The molecule has 0 radical (unpaired) electrons. The van der Waals surface area contributed by atoms with Gasteiger partial charge in [0.25, 0.3) is 0 Å².